The highest BCUT2D eigenvalue weighted by atomic mass is 16.2. The van der Waals surface area contributed by atoms with Crippen LogP contribution in [0.3, 0.4) is 0 Å². The summed E-state index contributed by atoms with van der Waals surface area (Å²) in [7, 11) is 0. The van der Waals surface area contributed by atoms with Crippen LogP contribution in [0.25, 0.3) is 16.6 Å². The molecule has 0 spiro atoms. The van der Waals surface area contributed by atoms with Gasteiger partial charge in [-0.1, -0.05) is 6.08 Å². The Hall–Kier alpha value is -2.63. The van der Waals surface area contributed by atoms with Gasteiger partial charge in [0.05, 0.1) is 5.92 Å². The van der Waals surface area contributed by atoms with Crippen molar-refractivity contribution >= 4 is 28.4 Å². The predicted molar refractivity (Wildman–Crippen MR) is 107 cm³/mol. The normalized spacial score (nSPS) is 23.0. The van der Waals surface area contributed by atoms with Gasteiger partial charge >= 0.3 is 0 Å². The molecule has 2 aromatic rings. The maximum atomic E-state index is 13.1. The quantitative estimate of drug-likeness (QED) is 0.893. The summed E-state index contributed by atoms with van der Waals surface area (Å²) in [6, 6.07) is 4.04. The van der Waals surface area contributed by atoms with Crippen molar-refractivity contribution in [1.82, 2.24) is 19.8 Å². The van der Waals surface area contributed by atoms with E-state index in [-0.39, 0.29) is 23.7 Å². The number of aromatic amines is 1. The van der Waals surface area contributed by atoms with Crippen LogP contribution >= 0.6 is 0 Å². The number of rotatable bonds is 3. The third kappa shape index (κ3) is 3.21. The SMILES string of the molecule is O=C(C1CC1)N1CCC[C@@H](C(=O)N2CC=C(c3c[nH]c4ncccc34)CC2)C1. The molecule has 5 rings (SSSR count). The number of hydrogen-bond donors (Lipinski definition) is 1. The Kier molecular flexibility index (Phi) is 4.41. The molecule has 2 aliphatic heterocycles. The summed E-state index contributed by atoms with van der Waals surface area (Å²) in [5, 5.41) is 1.13. The van der Waals surface area contributed by atoms with Crippen LogP contribution in [0, 0.1) is 11.8 Å². The lowest BCUT2D eigenvalue weighted by Gasteiger charge is -2.36. The number of nitrogens with one attached hydrogen (secondary N) is 1. The number of likely N-dealkylation sites (tertiary alicyclic amines) is 1. The third-order valence-electron chi connectivity index (χ3n) is 6.33. The number of hydrogen-bond acceptors (Lipinski definition) is 3. The molecule has 4 heterocycles. The van der Waals surface area contributed by atoms with E-state index in [4.69, 9.17) is 0 Å². The number of nitrogens with zero attached hydrogens (tertiary/aromatic N) is 3. The zero-order chi connectivity index (χ0) is 19.1. The number of carbonyl (C=O) groups excluding carboxylic acids is 2. The fraction of sp³-hybridized carbons (Fsp3) is 0.500. The van der Waals surface area contributed by atoms with Crippen LogP contribution in [0.2, 0.25) is 0 Å². The van der Waals surface area contributed by atoms with Crippen LogP contribution in [0.5, 0.6) is 0 Å². The molecule has 2 aromatic heterocycles. The minimum atomic E-state index is -0.0383. The molecule has 0 aromatic carbocycles. The molecule has 1 atom stereocenters. The maximum Gasteiger partial charge on any atom is 0.227 e. The minimum absolute atomic E-state index is 0.0383. The van der Waals surface area contributed by atoms with Gasteiger partial charge in [-0.2, -0.15) is 0 Å². The summed E-state index contributed by atoms with van der Waals surface area (Å²) in [6.07, 6.45) is 10.7. The Morgan fingerprint density at radius 1 is 1.07 bits per heavy atom. The van der Waals surface area contributed by atoms with Gasteiger partial charge in [0, 0.05) is 55.4 Å². The zero-order valence-corrected chi connectivity index (χ0v) is 16.1. The van der Waals surface area contributed by atoms with E-state index in [9.17, 15) is 9.59 Å². The summed E-state index contributed by atoms with van der Waals surface area (Å²) >= 11 is 0. The third-order valence-corrected chi connectivity index (χ3v) is 6.33. The van der Waals surface area contributed by atoms with Gasteiger partial charge in [-0.05, 0) is 49.8 Å². The largest absolute Gasteiger partial charge is 0.346 e. The van der Waals surface area contributed by atoms with Crippen molar-refractivity contribution in [2.24, 2.45) is 11.8 Å². The van der Waals surface area contributed by atoms with Crippen LogP contribution in [-0.2, 0) is 9.59 Å². The minimum Gasteiger partial charge on any atom is -0.346 e. The van der Waals surface area contributed by atoms with Crippen LogP contribution in [0.1, 0.15) is 37.7 Å². The average molecular weight is 378 g/mol. The molecule has 6 nitrogen and oxygen atoms in total. The molecule has 1 aliphatic carbocycles. The number of carbonyl (C=O) groups is 2. The lowest BCUT2D eigenvalue weighted by atomic mass is 9.94. The molecule has 1 saturated carbocycles. The van der Waals surface area contributed by atoms with Gasteiger partial charge in [0.15, 0.2) is 0 Å². The molecule has 0 radical (unpaired) electrons. The van der Waals surface area contributed by atoms with Crippen LogP contribution in [0.15, 0.2) is 30.6 Å². The van der Waals surface area contributed by atoms with E-state index in [1.165, 1.54) is 11.1 Å². The summed E-state index contributed by atoms with van der Waals surface area (Å²) in [4.78, 5) is 36.9. The standard InChI is InChI=1S/C22H26N4O2/c27-21(16-5-6-16)26-10-2-3-17(14-26)22(28)25-11-7-15(8-12-25)19-13-24-20-18(19)4-1-9-23-20/h1,4,7,9,13,16-17H,2-3,5-6,8,10-12,14H2,(H,23,24)/t17-/m1/s1. The molecule has 1 saturated heterocycles. The second kappa shape index (κ2) is 7.08. The Labute approximate surface area is 164 Å². The molecule has 0 unspecified atom stereocenters. The molecule has 2 fully saturated rings. The van der Waals surface area contributed by atoms with Gasteiger partial charge < -0.3 is 14.8 Å². The van der Waals surface area contributed by atoms with Crippen LogP contribution in [0.4, 0.5) is 0 Å². The van der Waals surface area contributed by atoms with E-state index < -0.39 is 0 Å². The molecule has 146 valence electrons. The van der Waals surface area contributed by atoms with E-state index in [0.717, 1.165) is 56.2 Å². The van der Waals surface area contributed by atoms with Gasteiger partial charge in [0.25, 0.3) is 0 Å². The van der Waals surface area contributed by atoms with Gasteiger partial charge in [0.2, 0.25) is 11.8 Å². The van der Waals surface area contributed by atoms with E-state index >= 15 is 0 Å². The van der Waals surface area contributed by atoms with Crippen molar-refractivity contribution < 1.29 is 9.59 Å². The number of fused-ring (bicyclic) bond motifs is 1. The first-order valence-electron chi connectivity index (χ1n) is 10.4. The molecule has 1 N–H and O–H groups in total. The Morgan fingerprint density at radius 2 is 1.93 bits per heavy atom. The molecular weight excluding hydrogens is 352 g/mol. The summed E-state index contributed by atoms with van der Waals surface area (Å²) in [5.74, 6) is 0.680. The van der Waals surface area contributed by atoms with Crippen LogP contribution in [-0.4, -0.2) is 57.8 Å². The molecule has 28 heavy (non-hydrogen) atoms. The highest BCUT2D eigenvalue weighted by Gasteiger charge is 2.37. The number of piperidine rings is 1. The number of aromatic nitrogens is 2. The van der Waals surface area contributed by atoms with Crippen LogP contribution < -0.4 is 0 Å². The number of H-pyrrole nitrogens is 1. The zero-order valence-electron chi connectivity index (χ0n) is 16.1. The Bertz CT molecular complexity index is 943. The van der Waals surface area contributed by atoms with Crippen molar-refractivity contribution in [3.05, 3.63) is 36.2 Å². The Balaban J connectivity index is 1.25. The van der Waals surface area contributed by atoms with Gasteiger partial charge in [0.1, 0.15) is 5.65 Å². The van der Waals surface area contributed by atoms with Crippen molar-refractivity contribution in [3.63, 3.8) is 0 Å². The number of pyridine rings is 1. The molecule has 3 aliphatic rings. The summed E-state index contributed by atoms with van der Waals surface area (Å²) < 4.78 is 0. The van der Waals surface area contributed by atoms with E-state index in [1.54, 1.807) is 6.20 Å². The average Bonchev–Trinajstić information content (AvgIpc) is 3.52. The van der Waals surface area contributed by atoms with Gasteiger partial charge in [-0.3, -0.25) is 9.59 Å². The summed E-state index contributed by atoms with van der Waals surface area (Å²) in [6.45, 7) is 2.81. The van der Waals surface area contributed by atoms with Crippen molar-refractivity contribution in [2.75, 3.05) is 26.2 Å². The number of amides is 2. The molecular formula is C22H26N4O2. The summed E-state index contributed by atoms with van der Waals surface area (Å²) in [5.41, 5.74) is 3.37. The van der Waals surface area contributed by atoms with Crippen molar-refractivity contribution in [1.29, 1.82) is 0 Å². The topological polar surface area (TPSA) is 69.3 Å². The molecule has 6 heteroatoms. The lowest BCUT2D eigenvalue weighted by Crippen LogP contribution is -2.48. The van der Waals surface area contributed by atoms with E-state index in [0.29, 0.717) is 13.1 Å². The van der Waals surface area contributed by atoms with E-state index in [1.807, 2.05) is 22.1 Å². The highest BCUT2D eigenvalue weighted by Crippen LogP contribution is 2.33. The maximum absolute atomic E-state index is 13.1. The van der Waals surface area contributed by atoms with E-state index in [2.05, 4.69) is 22.1 Å². The fourth-order valence-electron chi connectivity index (χ4n) is 4.56. The predicted octanol–water partition coefficient (Wildman–Crippen LogP) is 2.83. The van der Waals surface area contributed by atoms with Gasteiger partial charge in [-0.15, -0.1) is 0 Å². The fourth-order valence-corrected chi connectivity index (χ4v) is 4.56. The first kappa shape index (κ1) is 17.5. The molecule has 2 amide bonds. The highest BCUT2D eigenvalue weighted by molar-refractivity contribution is 5.91. The lowest BCUT2D eigenvalue weighted by molar-refractivity contribution is -0.141. The van der Waals surface area contributed by atoms with Crippen molar-refractivity contribution in [3.8, 4) is 0 Å². The van der Waals surface area contributed by atoms with Gasteiger partial charge in [-0.25, -0.2) is 4.98 Å². The monoisotopic (exact) mass is 378 g/mol. The van der Waals surface area contributed by atoms with Crippen molar-refractivity contribution in [2.45, 2.75) is 32.1 Å². The first-order valence-corrected chi connectivity index (χ1v) is 10.4. The second-order valence-electron chi connectivity index (χ2n) is 8.26. The molecule has 0 bridgehead atoms. The first-order chi connectivity index (χ1) is 13.7. The smallest absolute Gasteiger partial charge is 0.227 e. The Morgan fingerprint density at radius 3 is 2.71 bits per heavy atom. The second-order valence-corrected chi connectivity index (χ2v) is 8.26.